The van der Waals surface area contributed by atoms with Gasteiger partial charge in [0.1, 0.15) is 0 Å². The van der Waals surface area contributed by atoms with E-state index in [0.29, 0.717) is 11.3 Å². The Morgan fingerprint density at radius 2 is 1.94 bits per heavy atom. The second-order valence-electron chi connectivity index (χ2n) is 3.40. The van der Waals surface area contributed by atoms with E-state index in [1.165, 1.54) is 24.3 Å². The molecule has 0 spiro atoms. The Bertz CT molecular complexity index is 628. The van der Waals surface area contributed by atoms with E-state index >= 15 is 0 Å². The van der Waals surface area contributed by atoms with Crippen LogP contribution in [0.2, 0.25) is 0 Å². The normalized spacial score (nSPS) is 10.3. The van der Waals surface area contributed by atoms with Crippen molar-refractivity contribution in [1.29, 1.82) is 0 Å². The molecule has 1 amide bonds. The van der Waals surface area contributed by atoms with Crippen LogP contribution in [0.15, 0.2) is 45.8 Å². The lowest BCUT2D eigenvalue weighted by atomic mass is 10.3. The number of azide groups is 1. The monoisotopic (exact) mass is 266 g/mol. The molecule has 8 heteroatoms. The van der Waals surface area contributed by atoms with Gasteiger partial charge in [-0.3, -0.25) is 4.79 Å². The van der Waals surface area contributed by atoms with Crippen LogP contribution in [0.3, 0.4) is 0 Å². The van der Waals surface area contributed by atoms with E-state index in [0.717, 1.165) is 0 Å². The molecule has 0 aliphatic rings. The lowest BCUT2D eigenvalue weighted by Gasteiger charge is -2.05. The van der Waals surface area contributed by atoms with Gasteiger partial charge in [0.25, 0.3) is 15.9 Å². The fourth-order valence-electron chi connectivity index (χ4n) is 1.04. The summed E-state index contributed by atoms with van der Waals surface area (Å²) in [5.74, 6) is -0.361. The topological polar surface area (TPSA) is 112 Å². The standard InChI is InChI=1S/C10H10N4O3S/c1-7(2)10(15)12-8-3-5-9(6-4-8)18(16,17)14-13-11/h3-6H,1H2,2H3,(H,12,15). The molecule has 0 fully saturated rings. The lowest BCUT2D eigenvalue weighted by Crippen LogP contribution is -2.11. The Morgan fingerprint density at radius 3 is 2.39 bits per heavy atom. The van der Waals surface area contributed by atoms with Gasteiger partial charge in [-0.05, 0) is 36.7 Å². The quantitative estimate of drug-likeness (QED) is 0.390. The molecule has 1 rings (SSSR count). The van der Waals surface area contributed by atoms with Gasteiger partial charge in [-0.25, -0.2) is 8.42 Å². The summed E-state index contributed by atoms with van der Waals surface area (Å²) < 4.78 is 25.4. The van der Waals surface area contributed by atoms with E-state index in [1.807, 2.05) is 0 Å². The Labute approximate surface area is 104 Å². The van der Waals surface area contributed by atoms with Crippen molar-refractivity contribution in [2.24, 2.45) is 4.52 Å². The second-order valence-corrected chi connectivity index (χ2v) is 4.99. The molecule has 0 unspecified atom stereocenters. The van der Waals surface area contributed by atoms with E-state index in [1.54, 1.807) is 6.92 Å². The van der Waals surface area contributed by atoms with Gasteiger partial charge >= 0.3 is 0 Å². The number of carbonyl (C=O) groups is 1. The highest BCUT2D eigenvalue weighted by Crippen LogP contribution is 2.16. The van der Waals surface area contributed by atoms with E-state index < -0.39 is 10.0 Å². The van der Waals surface area contributed by atoms with Crippen molar-refractivity contribution in [3.8, 4) is 0 Å². The third kappa shape index (κ3) is 3.34. The molecule has 0 heterocycles. The molecule has 0 aliphatic carbocycles. The Morgan fingerprint density at radius 1 is 1.39 bits per heavy atom. The summed E-state index contributed by atoms with van der Waals surface area (Å²) in [5.41, 5.74) is 8.86. The zero-order valence-corrected chi connectivity index (χ0v) is 10.3. The van der Waals surface area contributed by atoms with Gasteiger partial charge in [0.05, 0.1) is 4.90 Å². The molecular formula is C10H10N4O3S. The van der Waals surface area contributed by atoms with Crippen LogP contribution in [-0.4, -0.2) is 14.3 Å². The van der Waals surface area contributed by atoms with Crippen molar-refractivity contribution in [2.45, 2.75) is 11.8 Å². The highest BCUT2D eigenvalue weighted by molar-refractivity contribution is 7.90. The zero-order chi connectivity index (χ0) is 13.8. The fraction of sp³-hybridized carbons (Fsp3) is 0.100. The second kappa shape index (κ2) is 5.35. The van der Waals surface area contributed by atoms with Crippen molar-refractivity contribution in [1.82, 2.24) is 0 Å². The summed E-state index contributed by atoms with van der Waals surface area (Å²) >= 11 is 0. The van der Waals surface area contributed by atoms with Gasteiger partial charge < -0.3 is 5.32 Å². The van der Waals surface area contributed by atoms with E-state index in [9.17, 15) is 13.2 Å². The maximum atomic E-state index is 11.4. The third-order valence-corrected chi connectivity index (χ3v) is 3.10. The third-order valence-electron chi connectivity index (χ3n) is 1.94. The summed E-state index contributed by atoms with van der Waals surface area (Å²) in [4.78, 5) is 13.4. The number of nitrogens with zero attached hydrogens (tertiary/aromatic N) is 3. The van der Waals surface area contributed by atoms with Gasteiger partial charge in [-0.1, -0.05) is 6.58 Å². The average molecular weight is 266 g/mol. The zero-order valence-electron chi connectivity index (χ0n) is 9.49. The molecule has 0 aromatic heterocycles. The first-order valence-electron chi connectivity index (χ1n) is 4.75. The minimum atomic E-state index is -3.99. The SMILES string of the molecule is C=C(C)C(=O)Nc1ccc(S(=O)(=O)N=[N+]=[N-])cc1. The number of anilines is 1. The lowest BCUT2D eigenvalue weighted by molar-refractivity contribution is -0.112. The van der Waals surface area contributed by atoms with Crippen molar-refractivity contribution in [3.05, 3.63) is 46.9 Å². The first kappa shape index (κ1) is 13.8. The minimum absolute atomic E-state index is 0.145. The number of rotatable bonds is 4. The van der Waals surface area contributed by atoms with Crippen molar-refractivity contribution < 1.29 is 13.2 Å². The van der Waals surface area contributed by atoms with E-state index in [-0.39, 0.29) is 10.8 Å². The van der Waals surface area contributed by atoms with E-state index in [4.69, 9.17) is 5.53 Å². The molecule has 1 N–H and O–H groups in total. The van der Waals surface area contributed by atoms with Gasteiger partial charge in [0.2, 0.25) is 0 Å². The number of hydrogen-bond acceptors (Lipinski definition) is 3. The maximum Gasteiger partial charge on any atom is 0.264 e. The molecule has 7 nitrogen and oxygen atoms in total. The van der Waals surface area contributed by atoms with E-state index in [2.05, 4.69) is 21.3 Å². The smallest absolute Gasteiger partial charge is 0.264 e. The molecule has 94 valence electrons. The van der Waals surface area contributed by atoms with Crippen molar-refractivity contribution in [2.75, 3.05) is 5.32 Å². The van der Waals surface area contributed by atoms with Gasteiger partial charge in [-0.15, -0.1) is 0 Å². The molecule has 0 saturated heterocycles. The molecule has 1 aromatic carbocycles. The average Bonchev–Trinajstić information content (AvgIpc) is 2.29. The van der Waals surface area contributed by atoms with Crippen LogP contribution in [0.4, 0.5) is 5.69 Å². The Hall–Kier alpha value is -2.31. The molecule has 0 bridgehead atoms. The number of sulfonamides is 1. The van der Waals surface area contributed by atoms with Crippen molar-refractivity contribution in [3.63, 3.8) is 0 Å². The maximum absolute atomic E-state index is 11.4. The Balaban J connectivity index is 2.97. The fourth-order valence-corrected chi connectivity index (χ4v) is 1.71. The molecular weight excluding hydrogens is 256 g/mol. The van der Waals surface area contributed by atoms with Crippen LogP contribution in [0.5, 0.6) is 0 Å². The molecule has 0 radical (unpaired) electrons. The number of hydrogen-bond donors (Lipinski definition) is 1. The summed E-state index contributed by atoms with van der Waals surface area (Å²) in [6.45, 7) is 5.02. The molecule has 18 heavy (non-hydrogen) atoms. The van der Waals surface area contributed by atoms with Crippen molar-refractivity contribution >= 4 is 21.6 Å². The summed E-state index contributed by atoms with van der Waals surface area (Å²) in [5, 5.41) is 2.52. The summed E-state index contributed by atoms with van der Waals surface area (Å²) in [7, 11) is -3.99. The molecule has 0 atom stereocenters. The minimum Gasteiger partial charge on any atom is -0.322 e. The highest BCUT2D eigenvalue weighted by Gasteiger charge is 2.11. The number of amides is 1. The highest BCUT2D eigenvalue weighted by atomic mass is 32.2. The molecule has 1 aromatic rings. The summed E-state index contributed by atoms with van der Waals surface area (Å²) in [6.07, 6.45) is 0. The first-order valence-corrected chi connectivity index (χ1v) is 6.19. The van der Waals surface area contributed by atoms with Crippen LogP contribution >= 0.6 is 0 Å². The largest absolute Gasteiger partial charge is 0.322 e. The number of benzene rings is 1. The van der Waals surface area contributed by atoms with Gasteiger partial charge in [0, 0.05) is 20.7 Å². The molecule has 0 aliphatic heterocycles. The molecule has 0 saturated carbocycles. The van der Waals surface area contributed by atoms with Crippen LogP contribution in [0, 0.1) is 0 Å². The predicted molar refractivity (Wildman–Crippen MR) is 66.2 cm³/mol. The number of carbonyl (C=O) groups excluding carboxylic acids is 1. The number of nitrogens with one attached hydrogen (secondary N) is 1. The van der Waals surface area contributed by atoms with Crippen LogP contribution < -0.4 is 5.32 Å². The van der Waals surface area contributed by atoms with Gasteiger partial charge in [-0.2, -0.15) is 0 Å². The summed E-state index contributed by atoms with van der Waals surface area (Å²) in [6, 6.07) is 5.25. The van der Waals surface area contributed by atoms with Crippen LogP contribution in [0.25, 0.3) is 10.4 Å². The van der Waals surface area contributed by atoms with Gasteiger partial charge in [0.15, 0.2) is 0 Å². The van der Waals surface area contributed by atoms with Crippen LogP contribution in [-0.2, 0) is 14.8 Å². The van der Waals surface area contributed by atoms with Crippen LogP contribution in [0.1, 0.15) is 6.92 Å². The predicted octanol–water partition coefficient (Wildman–Crippen LogP) is 2.20. The Kier molecular flexibility index (Phi) is 4.09. The first-order chi connectivity index (χ1) is 8.36.